The van der Waals surface area contributed by atoms with Crippen LogP contribution in [0.2, 0.25) is 0 Å². The number of carbonyl (C=O) groups is 1. The van der Waals surface area contributed by atoms with Crippen LogP contribution in [-0.2, 0) is 4.74 Å². The third-order valence-electron chi connectivity index (χ3n) is 3.95. The van der Waals surface area contributed by atoms with Gasteiger partial charge in [-0.05, 0) is 38.0 Å². The second-order valence-corrected chi connectivity index (χ2v) is 5.37. The molecule has 1 aliphatic rings. The maximum absolute atomic E-state index is 11.9. The molecule has 3 N–H and O–H groups in total. The molecule has 0 saturated carbocycles. The standard InChI is InChI=1S/C16H24N2O3/c1-2-21-16(20)14-10-12(7-8-15(14)17)18-9-5-3-4-6-13(18)11-19/h7-8,10,13,19H,2-6,9,11,17H2,1H3. The largest absolute Gasteiger partial charge is 0.462 e. The second-order valence-electron chi connectivity index (χ2n) is 5.37. The molecule has 1 heterocycles. The smallest absolute Gasteiger partial charge is 0.340 e. The molecule has 5 heteroatoms. The minimum Gasteiger partial charge on any atom is -0.462 e. The molecule has 5 nitrogen and oxygen atoms in total. The normalized spacial score (nSPS) is 19.1. The molecule has 1 fully saturated rings. The van der Waals surface area contributed by atoms with Crippen molar-refractivity contribution in [3.63, 3.8) is 0 Å². The summed E-state index contributed by atoms with van der Waals surface area (Å²) in [6, 6.07) is 5.53. The maximum atomic E-state index is 11.9. The molecule has 0 aliphatic carbocycles. The topological polar surface area (TPSA) is 75.8 Å². The number of aliphatic hydroxyl groups is 1. The molecule has 0 spiro atoms. The Morgan fingerprint density at radius 3 is 2.95 bits per heavy atom. The number of aliphatic hydroxyl groups excluding tert-OH is 1. The first-order valence-corrected chi connectivity index (χ1v) is 7.61. The SMILES string of the molecule is CCOC(=O)c1cc(N2CCCCCC2CO)ccc1N. The number of carbonyl (C=O) groups excluding carboxylic acids is 1. The molecule has 21 heavy (non-hydrogen) atoms. The number of benzene rings is 1. The van der Waals surface area contributed by atoms with Gasteiger partial charge in [0.05, 0.1) is 24.8 Å². The number of hydrogen-bond acceptors (Lipinski definition) is 5. The Bertz CT molecular complexity index is 490. The van der Waals surface area contributed by atoms with E-state index >= 15 is 0 Å². The molecule has 1 aromatic carbocycles. The lowest BCUT2D eigenvalue weighted by atomic mass is 10.1. The van der Waals surface area contributed by atoms with Crippen LogP contribution in [0.3, 0.4) is 0 Å². The Morgan fingerprint density at radius 1 is 1.43 bits per heavy atom. The highest BCUT2D eigenvalue weighted by Crippen LogP contribution is 2.27. The van der Waals surface area contributed by atoms with Crippen molar-refractivity contribution in [3.8, 4) is 0 Å². The first-order chi connectivity index (χ1) is 10.2. The highest BCUT2D eigenvalue weighted by atomic mass is 16.5. The molecular weight excluding hydrogens is 268 g/mol. The van der Waals surface area contributed by atoms with E-state index < -0.39 is 5.97 Å². The van der Waals surface area contributed by atoms with Gasteiger partial charge < -0.3 is 20.5 Å². The van der Waals surface area contributed by atoms with E-state index in [4.69, 9.17) is 10.5 Å². The molecule has 1 aromatic rings. The number of anilines is 2. The molecular formula is C16H24N2O3. The van der Waals surface area contributed by atoms with Gasteiger partial charge in [-0.3, -0.25) is 0 Å². The highest BCUT2D eigenvalue weighted by Gasteiger charge is 2.22. The number of hydrogen-bond donors (Lipinski definition) is 2. The van der Waals surface area contributed by atoms with Crippen LogP contribution < -0.4 is 10.6 Å². The average molecular weight is 292 g/mol. The summed E-state index contributed by atoms with van der Waals surface area (Å²) in [6.07, 6.45) is 4.36. The van der Waals surface area contributed by atoms with Crippen LogP contribution in [0.25, 0.3) is 0 Å². The van der Waals surface area contributed by atoms with E-state index in [1.54, 1.807) is 19.1 Å². The summed E-state index contributed by atoms with van der Waals surface area (Å²) in [5.41, 5.74) is 7.63. The first kappa shape index (κ1) is 15.6. The van der Waals surface area contributed by atoms with Gasteiger partial charge in [0.25, 0.3) is 0 Å². The zero-order chi connectivity index (χ0) is 15.2. The van der Waals surface area contributed by atoms with Crippen molar-refractivity contribution in [1.82, 2.24) is 0 Å². The molecule has 1 aliphatic heterocycles. The number of esters is 1. The van der Waals surface area contributed by atoms with Crippen LogP contribution in [0.15, 0.2) is 18.2 Å². The molecule has 0 bridgehead atoms. The summed E-state index contributed by atoms with van der Waals surface area (Å²) in [5, 5.41) is 9.61. The van der Waals surface area contributed by atoms with Gasteiger partial charge in [0.1, 0.15) is 0 Å². The zero-order valence-electron chi connectivity index (χ0n) is 12.5. The van der Waals surface area contributed by atoms with Crippen molar-refractivity contribution in [2.24, 2.45) is 0 Å². The van der Waals surface area contributed by atoms with Crippen molar-refractivity contribution in [2.45, 2.75) is 38.6 Å². The van der Waals surface area contributed by atoms with E-state index in [1.165, 1.54) is 6.42 Å². The Kier molecular flexibility index (Phi) is 5.44. The molecule has 116 valence electrons. The summed E-state index contributed by atoms with van der Waals surface area (Å²) in [7, 11) is 0. The summed E-state index contributed by atoms with van der Waals surface area (Å²) < 4.78 is 5.04. The molecule has 2 rings (SSSR count). The molecule has 0 amide bonds. The molecule has 0 radical (unpaired) electrons. The van der Waals surface area contributed by atoms with Gasteiger partial charge in [0.15, 0.2) is 0 Å². The van der Waals surface area contributed by atoms with Crippen LogP contribution in [0, 0.1) is 0 Å². The Hall–Kier alpha value is -1.75. The van der Waals surface area contributed by atoms with Gasteiger partial charge in [-0.15, -0.1) is 0 Å². The highest BCUT2D eigenvalue weighted by molar-refractivity contribution is 5.96. The number of nitrogens with two attached hydrogens (primary N) is 1. The fourth-order valence-corrected chi connectivity index (χ4v) is 2.82. The zero-order valence-corrected chi connectivity index (χ0v) is 12.5. The quantitative estimate of drug-likeness (QED) is 0.657. The van der Waals surface area contributed by atoms with Crippen molar-refractivity contribution in [2.75, 3.05) is 30.4 Å². The lowest BCUT2D eigenvalue weighted by molar-refractivity contribution is 0.0527. The predicted octanol–water partition coefficient (Wildman–Crippen LogP) is 2.19. The number of nitrogens with zero attached hydrogens (tertiary/aromatic N) is 1. The van der Waals surface area contributed by atoms with Crippen LogP contribution in [0.1, 0.15) is 43.0 Å². The van der Waals surface area contributed by atoms with Gasteiger partial charge >= 0.3 is 5.97 Å². The van der Waals surface area contributed by atoms with Gasteiger partial charge in [0.2, 0.25) is 0 Å². The Balaban J connectivity index is 2.29. The summed E-state index contributed by atoms with van der Waals surface area (Å²) in [5.74, 6) is -0.396. The fourth-order valence-electron chi connectivity index (χ4n) is 2.82. The molecule has 1 unspecified atom stereocenters. The van der Waals surface area contributed by atoms with Crippen LogP contribution in [-0.4, -0.2) is 36.9 Å². The Labute approximate surface area is 125 Å². The molecule has 1 atom stereocenters. The van der Waals surface area contributed by atoms with Crippen LogP contribution >= 0.6 is 0 Å². The third-order valence-corrected chi connectivity index (χ3v) is 3.95. The van der Waals surface area contributed by atoms with Gasteiger partial charge in [-0.25, -0.2) is 4.79 Å². The average Bonchev–Trinajstić information content (AvgIpc) is 2.73. The van der Waals surface area contributed by atoms with E-state index in [-0.39, 0.29) is 12.6 Å². The van der Waals surface area contributed by atoms with Gasteiger partial charge in [-0.2, -0.15) is 0 Å². The maximum Gasteiger partial charge on any atom is 0.340 e. The monoisotopic (exact) mass is 292 g/mol. The molecule has 0 aromatic heterocycles. The van der Waals surface area contributed by atoms with Gasteiger partial charge in [-0.1, -0.05) is 12.8 Å². The van der Waals surface area contributed by atoms with E-state index in [0.717, 1.165) is 31.5 Å². The minimum absolute atomic E-state index is 0.103. The Morgan fingerprint density at radius 2 is 2.24 bits per heavy atom. The lowest BCUT2D eigenvalue weighted by Gasteiger charge is -2.31. The van der Waals surface area contributed by atoms with E-state index in [9.17, 15) is 9.90 Å². The number of nitrogen functional groups attached to an aromatic ring is 1. The van der Waals surface area contributed by atoms with Crippen molar-refractivity contribution < 1.29 is 14.6 Å². The third kappa shape index (κ3) is 3.67. The van der Waals surface area contributed by atoms with Gasteiger partial charge in [0, 0.05) is 17.9 Å². The van der Waals surface area contributed by atoms with E-state index in [2.05, 4.69) is 4.90 Å². The number of rotatable bonds is 4. The second kappa shape index (κ2) is 7.31. The van der Waals surface area contributed by atoms with Crippen molar-refractivity contribution in [3.05, 3.63) is 23.8 Å². The van der Waals surface area contributed by atoms with Crippen molar-refractivity contribution in [1.29, 1.82) is 0 Å². The predicted molar refractivity (Wildman–Crippen MR) is 83.5 cm³/mol. The summed E-state index contributed by atoms with van der Waals surface area (Å²) in [4.78, 5) is 14.1. The van der Waals surface area contributed by atoms with Crippen molar-refractivity contribution >= 4 is 17.3 Å². The van der Waals surface area contributed by atoms with Crippen LogP contribution in [0.4, 0.5) is 11.4 Å². The summed E-state index contributed by atoms with van der Waals surface area (Å²) >= 11 is 0. The van der Waals surface area contributed by atoms with E-state index in [1.807, 2.05) is 6.07 Å². The minimum atomic E-state index is -0.396. The fraction of sp³-hybridized carbons (Fsp3) is 0.562. The number of ether oxygens (including phenoxy) is 1. The van der Waals surface area contributed by atoms with E-state index in [0.29, 0.717) is 17.9 Å². The lowest BCUT2D eigenvalue weighted by Crippen LogP contribution is -2.37. The first-order valence-electron chi connectivity index (χ1n) is 7.61. The molecule has 1 saturated heterocycles. The van der Waals surface area contributed by atoms with Crippen LogP contribution in [0.5, 0.6) is 0 Å². The summed E-state index contributed by atoms with van der Waals surface area (Å²) in [6.45, 7) is 3.11.